The predicted octanol–water partition coefficient (Wildman–Crippen LogP) is -5.20. The average Bonchev–Trinajstić information content (AvgIpc) is 3.46. The summed E-state index contributed by atoms with van der Waals surface area (Å²) >= 11 is 0. The van der Waals surface area contributed by atoms with Crippen molar-refractivity contribution in [3.63, 3.8) is 0 Å². The van der Waals surface area contributed by atoms with E-state index in [0.717, 1.165) is 12.8 Å². The first kappa shape index (κ1) is 75.9. The number of nitrogens with one attached hydrogen (secondary N) is 11. The van der Waals surface area contributed by atoms with Crippen molar-refractivity contribution in [1.82, 2.24) is 58.5 Å². The van der Waals surface area contributed by atoms with Crippen molar-refractivity contribution in [3.8, 4) is 0 Å². The van der Waals surface area contributed by atoms with Crippen molar-refractivity contribution in [2.24, 2.45) is 46.4 Å². The van der Waals surface area contributed by atoms with Gasteiger partial charge in [-0.15, -0.1) is 0 Å². The lowest BCUT2D eigenvalue weighted by Gasteiger charge is -2.29. The molecule has 0 bridgehead atoms. The van der Waals surface area contributed by atoms with Gasteiger partial charge < -0.3 is 97.4 Å². The topological polar surface area (TPSA) is 491 Å². The molecular weight excluding hydrogens is 1070 g/mol. The van der Waals surface area contributed by atoms with Gasteiger partial charge in [0.15, 0.2) is 0 Å². The van der Waals surface area contributed by atoms with Crippen LogP contribution in [0.15, 0.2) is 0 Å². The molecule has 1 heterocycles. The van der Waals surface area contributed by atoms with Crippen LogP contribution in [0.25, 0.3) is 0 Å². The fourth-order valence-corrected chi connectivity index (χ4v) is 8.60. The third-order valence-corrected chi connectivity index (χ3v) is 13.4. The molecule has 0 aromatic carbocycles. The minimum absolute atomic E-state index is 0. The number of carbonyl (C=O) groups is 11. The molecule has 1 saturated heterocycles. The molecule has 0 aromatic heterocycles. The number of nitrogens with two attached hydrogens (primary N) is 5. The first-order chi connectivity index (χ1) is 38.2. The number of aliphatic hydroxyl groups is 2. The predicted molar refractivity (Wildman–Crippen MR) is 308 cm³/mol. The highest BCUT2D eigenvalue weighted by Crippen LogP contribution is 2.13. The van der Waals surface area contributed by atoms with E-state index in [2.05, 4.69) is 65.4 Å². The van der Waals surface area contributed by atoms with Gasteiger partial charge in [-0.2, -0.15) is 0 Å². The highest BCUT2D eigenvalue weighted by Gasteiger charge is 2.37. The Hall–Kier alpha value is -6.11. The Balaban J connectivity index is 0.0000656. The first-order valence-corrected chi connectivity index (χ1v) is 28.3. The van der Waals surface area contributed by atoms with E-state index in [1.54, 1.807) is 27.7 Å². The molecule has 29 nitrogen and oxygen atoms in total. The van der Waals surface area contributed by atoms with E-state index < -0.39 is 151 Å². The summed E-state index contributed by atoms with van der Waals surface area (Å²) in [6, 6.07) is -14.5. The van der Waals surface area contributed by atoms with Crippen molar-refractivity contribution in [2.45, 2.75) is 212 Å². The summed E-state index contributed by atoms with van der Waals surface area (Å²) in [7, 11) is 0. The van der Waals surface area contributed by atoms with Crippen LogP contribution in [0.4, 0.5) is 0 Å². The summed E-state index contributed by atoms with van der Waals surface area (Å²) < 4.78 is 0. The summed E-state index contributed by atoms with van der Waals surface area (Å²) in [5.41, 5.74) is 29.2. The monoisotopic (exact) mass is 1170 g/mol. The Labute approximate surface area is 483 Å². The smallest absolute Gasteiger partial charge is 0.245 e. The van der Waals surface area contributed by atoms with Crippen LogP contribution in [0.2, 0.25) is 0 Å². The Morgan fingerprint density at radius 3 is 1.38 bits per heavy atom. The van der Waals surface area contributed by atoms with Crippen molar-refractivity contribution in [1.29, 1.82) is 0 Å². The number of aliphatic hydroxyl groups excluding tert-OH is 2. The van der Waals surface area contributed by atoms with Crippen molar-refractivity contribution >= 4 is 65.0 Å². The third kappa shape index (κ3) is 27.8. The maximum atomic E-state index is 14.4. The Morgan fingerprint density at radius 2 is 0.963 bits per heavy atom. The molecule has 0 aliphatic carbocycles. The van der Waals surface area contributed by atoms with Crippen LogP contribution >= 0.6 is 0 Å². The van der Waals surface area contributed by atoms with Crippen LogP contribution in [-0.2, 0) is 52.7 Å². The molecule has 11 amide bonds. The Morgan fingerprint density at radius 1 is 0.537 bits per heavy atom. The minimum Gasteiger partial charge on any atom is -0.391 e. The number of hydrogen-bond donors (Lipinski definition) is 18. The van der Waals surface area contributed by atoms with Crippen LogP contribution in [0, 0.1) is 17.8 Å². The van der Waals surface area contributed by atoms with Gasteiger partial charge in [0.25, 0.3) is 0 Å². The van der Waals surface area contributed by atoms with E-state index in [-0.39, 0.29) is 103 Å². The summed E-state index contributed by atoms with van der Waals surface area (Å²) in [5, 5.41) is 49.5. The highest BCUT2D eigenvalue weighted by molar-refractivity contribution is 5.99. The van der Waals surface area contributed by atoms with Crippen LogP contribution in [0.5, 0.6) is 0 Å². The molecule has 29 heteroatoms. The quantitative estimate of drug-likeness (QED) is 0.0348. The van der Waals surface area contributed by atoms with Gasteiger partial charge in [0.1, 0.15) is 60.4 Å². The zero-order chi connectivity index (χ0) is 61.5. The molecule has 1 rings (SSSR count). The second-order valence-electron chi connectivity index (χ2n) is 21.6. The van der Waals surface area contributed by atoms with Gasteiger partial charge in [-0.25, -0.2) is 0 Å². The standard InChI is InChI=1S/C52H98N16O13.CH4/c1-9-29(6)11-10-12-40(71)59-32(13-19-53)47(76)68-42(31(8)70)52(81)64-35(16-22-56)44(73)63-37-18-24-58-51(80)41(30(7)69)67-48(77)36(17-23-57)61-43(72)33(14-20-54)62-49(78)38(25-27(2)3)66-50(79)39(26-28(4)5)65-45(74)34(15-21-55)60-46(37)75;/h27-39,41-42,69-70H,9-26,53-57H2,1-8H3,(H,58,80)(H,59,71)(H,60,75)(H,61,72)(H,62,78)(H,63,73)(H,64,81)(H,65,74)(H,66,79)(H,67,77)(H,68,76);1H4. The molecule has 13 atom stereocenters. The summed E-state index contributed by atoms with van der Waals surface area (Å²) in [5.74, 6) is -9.60. The normalized spacial score (nSPS) is 23.3. The minimum atomic E-state index is -1.69. The average molecular weight is 1170 g/mol. The van der Waals surface area contributed by atoms with E-state index in [9.17, 15) is 63.0 Å². The molecule has 1 aliphatic rings. The molecule has 0 spiro atoms. The number of rotatable bonds is 28. The second-order valence-corrected chi connectivity index (χ2v) is 21.6. The largest absolute Gasteiger partial charge is 0.391 e. The SMILES string of the molecule is C.CCC(C)CCCC(=O)NC(CCN)C(=O)NC(C(=O)NC(CCN)C(=O)NC1CCNC(=O)C(C(C)O)NC(=O)C(CCN)NC(=O)C(CCN)NC(=O)C(CC(C)C)NC(=O)C(CC(C)C)NC(=O)C(CCN)NC1=O)C(C)O. The van der Waals surface area contributed by atoms with Crippen LogP contribution in [-0.4, -0.2) is 187 Å². The van der Waals surface area contributed by atoms with Crippen LogP contribution in [0.3, 0.4) is 0 Å². The van der Waals surface area contributed by atoms with Gasteiger partial charge in [0.05, 0.1) is 12.2 Å². The second kappa shape index (κ2) is 40.2. The van der Waals surface area contributed by atoms with Crippen molar-refractivity contribution in [2.75, 3.05) is 39.3 Å². The summed E-state index contributed by atoms with van der Waals surface area (Å²) in [4.78, 5) is 153. The van der Waals surface area contributed by atoms with Gasteiger partial charge in [0, 0.05) is 13.0 Å². The summed E-state index contributed by atoms with van der Waals surface area (Å²) in [6.45, 7) is 12.5. The van der Waals surface area contributed by atoms with Gasteiger partial charge in [-0.1, -0.05) is 61.8 Å². The number of amides is 11. The molecule has 0 radical (unpaired) electrons. The lowest BCUT2D eigenvalue weighted by atomic mass is 9.99. The lowest BCUT2D eigenvalue weighted by molar-refractivity contribution is -0.137. The highest BCUT2D eigenvalue weighted by atomic mass is 16.3. The van der Waals surface area contributed by atoms with Crippen molar-refractivity contribution in [3.05, 3.63) is 0 Å². The van der Waals surface area contributed by atoms with Crippen molar-refractivity contribution < 1.29 is 63.0 Å². The number of carbonyl (C=O) groups excluding carboxylic acids is 11. The third-order valence-electron chi connectivity index (χ3n) is 13.4. The maximum Gasteiger partial charge on any atom is 0.245 e. The maximum absolute atomic E-state index is 14.4. The van der Waals surface area contributed by atoms with E-state index >= 15 is 0 Å². The zero-order valence-electron chi connectivity index (χ0n) is 48.7. The molecule has 13 unspecified atom stereocenters. The fraction of sp³-hybridized carbons (Fsp3) is 0.792. The van der Waals surface area contributed by atoms with E-state index in [1.807, 2.05) is 6.92 Å². The lowest BCUT2D eigenvalue weighted by Crippen LogP contribution is -2.62. The van der Waals surface area contributed by atoms with Gasteiger partial charge in [-0.3, -0.25) is 52.7 Å². The molecule has 23 N–H and O–H groups in total. The molecule has 1 aliphatic heterocycles. The molecular formula is C53H102N16O13. The van der Waals surface area contributed by atoms with Crippen LogP contribution in [0.1, 0.15) is 140 Å². The van der Waals surface area contributed by atoms with E-state index in [4.69, 9.17) is 28.7 Å². The summed E-state index contributed by atoms with van der Waals surface area (Å²) in [6.07, 6.45) is -1.79. The fourth-order valence-electron chi connectivity index (χ4n) is 8.60. The van der Waals surface area contributed by atoms with E-state index in [1.165, 1.54) is 13.8 Å². The molecule has 0 saturated carbocycles. The van der Waals surface area contributed by atoms with Gasteiger partial charge in [0.2, 0.25) is 65.0 Å². The number of hydrogen-bond acceptors (Lipinski definition) is 18. The Bertz CT molecular complexity index is 2050. The molecule has 0 aromatic rings. The van der Waals surface area contributed by atoms with Gasteiger partial charge in [-0.05, 0) is 122 Å². The first-order valence-electron chi connectivity index (χ1n) is 28.3. The molecule has 472 valence electrons. The zero-order valence-corrected chi connectivity index (χ0v) is 48.7. The van der Waals surface area contributed by atoms with Gasteiger partial charge >= 0.3 is 0 Å². The van der Waals surface area contributed by atoms with E-state index in [0.29, 0.717) is 12.3 Å². The molecule has 82 heavy (non-hydrogen) atoms. The molecule has 1 fully saturated rings. The van der Waals surface area contributed by atoms with Crippen LogP contribution < -0.4 is 87.2 Å². The Kier molecular flexibility index (Phi) is 37.2.